The fourth-order valence-corrected chi connectivity index (χ4v) is 3.68. The first-order chi connectivity index (χ1) is 9.39. The lowest BCUT2D eigenvalue weighted by Crippen LogP contribution is -2.62. The highest BCUT2D eigenvalue weighted by Crippen LogP contribution is 2.44. The molecule has 3 heteroatoms. The van der Waals surface area contributed by atoms with Gasteiger partial charge in [0.1, 0.15) is 0 Å². The van der Waals surface area contributed by atoms with E-state index in [9.17, 15) is 5.11 Å². The molecule has 2 rings (SSSR count). The molecule has 2 N–H and O–H groups in total. The maximum Gasteiger partial charge on any atom is 0.0656 e. The van der Waals surface area contributed by atoms with Crippen LogP contribution in [-0.4, -0.2) is 37.0 Å². The van der Waals surface area contributed by atoms with Crippen LogP contribution in [0.2, 0.25) is 0 Å². The molecule has 0 aliphatic heterocycles. The molecular weight excluding hydrogens is 250 g/mol. The van der Waals surface area contributed by atoms with E-state index >= 15 is 0 Å². The molecule has 0 aromatic carbocycles. The molecule has 0 heterocycles. The Labute approximate surface area is 124 Å². The van der Waals surface area contributed by atoms with Gasteiger partial charge in [0.05, 0.1) is 6.10 Å². The minimum atomic E-state index is 0.153. The summed E-state index contributed by atoms with van der Waals surface area (Å²) in [6.07, 6.45) is 6.40. The summed E-state index contributed by atoms with van der Waals surface area (Å²) in [5.41, 5.74) is 0.365. The molecule has 0 bridgehead atoms. The molecule has 0 saturated heterocycles. The molecule has 2 fully saturated rings. The zero-order chi connectivity index (χ0) is 14.8. The molecule has 2 unspecified atom stereocenters. The summed E-state index contributed by atoms with van der Waals surface area (Å²) in [5.74, 6) is 0.606. The van der Waals surface area contributed by atoms with E-state index in [2.05, 4.69) is 33.0 Å². The zero-order valence-corrected chi connectivity index (χ0v) is 13.7. The van der Waals surface area contributed by atoms with Crippen LogP contribution in [0, 0.1) is 16.7 Å². The van der Waals surface area contributed by atoms with Crippen LogP contribution >= 0.6 is 0 Å². The zero-order valence-electron chi connectivity index (χ0n) is 13.7. The van der Waals surface area contributed by atoms with Gasteiger partial charge in [-0.25, -0.2) is 0 Å². The largest absolute Gasteiger partial charge is 0.396 e. The third kappa shape index (κ3) is 3.37. The molecule has 0 amide bonds. The molecular formula is C17H33NO2. The second kappa shape index (κ2) is 6.33. The number of aliphatic hydroxyl groups is 1. The van der Waals surface area contributed by atoms with Crippen molar-refractivity contribution in [2.24, 2.45) is 16.7 Å². The van der Waals surface area contributed by atoms with Crippen molar-refractivity contribution in [1.82, 2.24) is 5.32 Å². The Hall–Kier alpha value is -0.120. The van der Waals surface area contributed by atoms with Gasteiger partial charge >= 0.3 is 0 Å². The third-order valence-electron chi connectivity index (χ3n) is 5.53. The van der Waals surface area contributed by atoms with E-state index in [0.717, 1.165) is 19.6 Å². The van der Waals surface area contributed by atoms with E-state index in [1.165, 1.54) is 25.7 Å². The summed E-state index contributed by atoms with van der Waals surface area (Å²) in [5, 5.41) is 13.4. The van der Waals surface area contributed by atoms with Crippen LogP contribution in [0.15, 0.2) is 0 Å². The van der Waals surface area contributed by atoms with E-state index in [1.807, 2.05) is 0 Å². The summed E-state index contributed by atoms with van der Waals surface area (Å²) in [6.45, 7) is 11.2. The van der Waals surface area contributed by atoms with Crippen LogP contribution in [0.1, 0.15) is 59.8 Å². The molecule has 2 aliphatic rings. The number of hydrogen-bond donors (Lipinski definition) is 2. The quantitative estimate of drug-likeness (QED) is 0.755. The molecule has 0 spiro atoms. The Kier molecular flexibility index (Phi) is 5.14. The van der Waals surface area contributed by atoms with Crippen molar-refractivity contribution in [3.63, 3.8) is 0 Å². The highest BCUT2D eigenvalue weighted by atomic mass is 16.5. The summed E-state index contributed by atoms with van der Waals surface area (Å²) >= 11 is 0. The van der Waals surface area contributed by atoms with Crippen LogP contribution in [0.5, 0.6) is 0 Å². The minimum absolute atomic E-state index is 0.153. The molecule has 3 nitrogen and oxygen atoms in total. The molecule has 0 radical (unpaired) electrons. The van der Waals surface area contributed by atoms with Gasteiger partial charge in [-0.2, -0.15) is 0 Å². The fourth-order valence-electron chi connectivity index (χ4n) is 3.68. The second-order valence-corrected chi connectivity index (χ2v) is 8.07. The predicted octanol–water partition coefficient (Wildman–Crippen LogP) is 2.97. The number of hydrogen-bond acceptors (Lipinski definition) is 3. The lowest BCUT2D eigenvalue weighted by Gasteiger charge is -2.53. The highest BCUT2D eigenvalue weighted by Gasteiger charge is 2.49. The van der Waals surface area contributed by atoms with E-state index in [4.69, 9.17) is 4.74 Å². The summed E-state index contributed by atoms with van der Waals surface area (Å²) in [7, 11) is 0. The SMILES string of the molecule is CC(C)COC1CC(NCC2(CO)CCCC2)C1(C)C. The molecule has 20 heavy (non-hydrogen) atoms. The van der Waals surface area contributed by atoms with Gasteiger partial charge in [-0.3, -0.25) is 0 Å². The predicted molar refractivity (Wildman–Crippen MR) is 82.8 cm³/mol. The molecule has 118 valence electrons. The van der Waals surface area contributed by atoms with Crippen LogP contribution in [0.4, 0.5) is 0 Å². The standard InChI is InChI=1S/C17H33NO2/c1-13(2)10-20-15-9-14(16(15,3)4)18-11-17(12-19)7-5-6-8-17/h13-15,18-19H,5-12H2,1-4H3. The second-order valence-electron chi connectivity index (χ2n) is 8.07. The van der Waals surface area contributed by atoms with Crippen molar-refractivity contribution in [3.05, 3.63) is 0 Å². The Morgan fingerprint density at radius 2 is 1.90 bits per heavy atom. The summed E-state index contributed by atoms with van der Waals surface area (Å²) < 4.78 is 6.02. The highest BCUT2D eigenvalue weighted by molar-refractivity contribution is 5.03. The maximum atomic E-state index is 9.68. The van der Waals surface area contributed by atoms with Crippen LogP contribution < -0.4 is 5.32 Å². The first-order valence-corrected chi connectivity index (χ1v) is 8.35. The number of aliphatic hydroxyl groups excluding tert-OH is 1. The van der Waals surface area contributed by atoms with E-state index in [-0.39, 0.29) is 10.8 Å². The number of ether oxygens (including phenoxy) is 1. The number of rotatable bonds is 7. The first-order valence-electron chi connectivity index (χ1n) is 8.35. The van der Waals surface area contributed by atoms with Gasteiger partial charge in [-0.1, -0.05) is 40.5 Å². The van der Waals surface area contributed by atoms with E-state index in [0.29, 0.717) is 24.7 Å². The molecule has 0 aromatic rings. The minimum Gasteiger partial charge on any atom is -0.396 e. The van der Waals surface area contributed by atoms with Crippen molar-refractivity contribution in [2.45, 2.75) is 71.9 Å². The molecule has 2 saturated carbocycles. The smallest absolute Gasteiger partial charge is 0.0656 e. The Balaban J connectivity index is 1.78. The van der Waals surface area contributed by atoms with Gasteiger partial charge in [-0.15, -0.1) is 0 Å². The van der Waals surface area contributed by atoms with E-state index < -0.39 is 0 Å². The summed E-state index contributed by atoms with van der Waals surface area (Å²) in [6, 6.07) is 0.531. The molecule has 2 atom stereocenters. The lowest BCUT2D eigenvalue weighted by molar-refractivity contribution is -0.125. The van der Waals surface area contributed by atoms with Crippen molar-refractivity contribution >= 4 is 0 Å². The van der Waals surface area contributed by atoms with Crippen LogP contribution in [-0.2, 0) is 4.74 Å². The van der Waals surface area contributed by atoms with Gasteiger partial charge < -0.3 is 15.2 Å². The first kappa shape index (κ1) is 16.3. The number of nitrogens with one attached hydrogen (secondary N) is 1. The van der Waals surface area contributed by atoms with Crippen molar-refractivity contribution in [3.8, 4) is 0 Å². The van der Waals surface area contributed by atoms with Crippen LogP contribution in [0.3, 0.4) is 0 Å². The monoisotopic (exact) mass is 283 g/mol. The Bertz CT molecular complexity index is 308. The molecule has 2 aliphatic carbocycles. The average Bonchev–Trinajstić information content (AvgIpc) is 2.86. The lowest BCUT2D eigenvalue weighted by atomic mass is 9.64. The third-order valence-corrected chi connectivity index (χ3v) is 5.53. The van der Waals surface area contributed by atoms with Gasteiger partial charge in [-0.05, 0) is 25.2 Å². The van der Waals surface area contributed by atoms with Crippen molar-refractivity contribution in [1.29, 1.82) is 0 Å². The normalized spacial score (nSPS) is 31.5. The van der Waals surface area contributed by atoms with Crippen LogP contribution in [0.25, 0.3) is 0 Å². The Morgan fingerprint density at radius 3 is 2.40 bits per heavy atom. The average molecular weight is 283 g/mol. The maximum absolute atomic E-state index is 9.68. The topological polar surface area (TPSA) is 41.5 Å². The van der Waals surface area contributed by atoms with Crippen molar-refractivity contribution in [2.75, 3.05) is 19.8 Å². The summed E-state index contributed by atoms with van der Waals surface area (Å²) in [4.78, 5) is 0. The fraction of sp³-hybridized carbons (Fsp3) is 1.00. The van der Waals surface area contributed by atoms with Gasteiger partial charge in [0, 0.05) is 36.6 Å². The Morgan fingerprint density at radius 1 is 1.25 bits per heavy atom. The van der Waals surface area contributed by atoms with Gasteiger partial charge in [0.15, 0.2) is 0 Å². The molecule has 0 aromatic heterocycles. The van der Waals surface area contributed by atoms with Gasteiger partial charge in [0.25, 0.3) is 0 Å². The van der Waals surface area contributed by atoms with Crippen molar-refractivity contribution < 1.29 is 9.84 Å². The van der Waals surface area contributed by atoms with E-state index in [1.54, 1.807) is 0 Å². The van der Waals surface area contributed by atoms with Gasteiger partial charge in [0.2, 0.25) is 0 Å².